The molecule has 0 saturated carbocycles. The highest BCUT2D eigenvalue weighted by atomic mass is 32.2. The normalized spacial score (nSPS) is 14.4. The molecular formula is C20H19FN6OS2. The van der Waals surface area contributed by atoms with Crippen LogP contribution in [0, 0.1) is 17.1 Å². The van der Waals surface area contributed by atoms with E-state index in [0.717, 1.165) is 31.2 Å². The number of halogens is 1. The number of fused-ring (bicyclic) bond motifs is 1. The van der Waals surface area contributed by atoms with E-state index in [2.05, 4.69) is 26.9 Å². The van der Waals surface area contributed by atoms with Crippen LogP contribution in [0.1, 0.15) is 42.2 Å². The zero-order valence-corrected chi connectivity index (χ0v) is 17.9. The lowest BCUT2D eigenvalue weighted by Gasteiger charge is -2.11. The molecule has 1 amide bonds. The van der Waals surface area contributed by atoms with Gasteiger partial charge in [-0.1, -0.05) is 24.2 Å². The lowest BCUT2D eigenvalue weighted by molar-refractivity contribution is -0.115. The van der Waals surface area contributed by atoms with E-state index >= 15 is 0 Å². The minimum absolute atomic E-state index is 0.235. The van der Waals surface area contributed by atoms with Gasteiger partial charge < -0.3 is 5.32 Å². The summed E-state index contributed by atoms with van der Waals surface area (Å²) in [5, 5.41) is 24.6. The molecule has 1 N–H and O–H groups in total. The number of benzene rings is 1. The molecule has 0 bridgehead atoms. The number of thioether (sulfide) groups is 1. The average molecular weight is 443 g/mol. The van der Waals surface area contributed by atoms with Crippen molar-refractivity contribution in [1.82, 2.24) is 20.2 Å². The van der Waals surface area contributed by atoms with E-state index in [1.807, 2.05) is 0 Å². The number of nitrogens with one attached hydrogen (secondary N) is 1. The number of thiophene rings is 1. The van der Waals surface area contributed by atoms with Gasteiger partial charge in [0.05, 0.1) is 16.5 Å². The summed E-state index contributed by atoms with van der Waals surface area (Å²) in [5.41, 5.74) is 2.15. The number of aromatic nitrogens is 4. The summed E-state index contributed by atoms with van der Waals surface area (Å²) in [6.07, 6.45) is 5.19. The molecule has 30 heavy (non-hydrogen) atoms. The fourth-order valence-electron chi connectivity index (χ4n) is 3.40. The number of rotatable bonds is 5. The molecule has 1 aliphatic carbocycles. The molecule has 0 fully saturated rings. The van der Waals surface area contributed by atoms with Crippen molar-refractivity contribution in [3.8, 4) is 11.8 Å². The Balaban J connectivity index is 1.50. The van der Waals surface area contributed by atoms with E-state index in [4.69, 9.17) is 0 Å². The van der Waals surface area contributed by atoms with Crippen molar-refractivity contribution < 1.29 is 9.18 Å². The summed E-state index contributed by atoms with van der Waals surface area (Å²) >= 11 is 2.67. The second kappa shape index (κ2) is 8.93. The van der Waals surface area contributed by atoms with Crippen LogP contribution in [0.25, 0.3) is 5.69 Å². The first kappa shape index (κ1) is 20.5. The molecule has 4 rings (SSSR count). The summed E-state index contributed by atoms with van der Waals surface area (Å²) in [7, 11) is 0. The summed E-state index contributed by atoms with van der Waals surface area (Å²) in [5.74, 6) is -0.632. The van der Waals surface area contributed by atoms with Gasteiger partial charge in [0.15, 0.2) is 0 Å². The molecule has 1 unspecified atom stereocenters. The third-order valence-electron chi connectivity index (χ3n) is 4.91. The first-order chi connectivity index (χ1) is 14.6. The van der Waals surface area contributed by atoms with Crippen LogP contribution < -0.4 is 5.32 Å². The van der Waals surface area contributed by atoms with Crippen LogP contribution in [0.5, 0.6) is 0 Å². The van der Waals surface area contributed by atoms with Crippen LogP contribution in [-0.2, 0) is 17.6 Å². The second-order valence-corrected chi connectivity index (χ2v) is 9.40. The van der Waals surface area contributed by atoms with Gasteiger partial charge in [0, 0.05) is 4.88 Å². The van der Waals surface area contributed by atoms with Gasteiger partial charge in [0.25, 0.3) is 0 Å². The van der Waals surface area contributed by atoms with Gasteiger partial charge >= 0.3 is 0 Å². The number of nitriles is 1. The largest absolute Gasteiger partial charge is 0.316 e. The van der Waals surface area contributed by atoms with Crippen LogP contribution in [0.2, 0.25) is 0 Å². The highest BCUT2D eigenvalue weighted by Gasteiger charge is 2.24. The van der Waals surface area contributed by atoms with Crippen molar-refractivity contribution in [2.75, 3.05) is 5.32 Å². The summed E-state index contributed by atoms with van der Waals surface area (Å²) in [6, 6.07) is 8.19. The van der Waals surface area contributed by atoms with Crippen molar-refractivity contribution in [3.05, 3.63) is 46.1 Å². The fourth-order valence-corrected chi connectivity index (χ4v) is 5.45. The molecule has 7 nitrogen and oxygen atoms in total. The topological polar surface area (TPSA) is 96.5 Å². The van der Waals surface area contributed by atoms with Crippen LogP contribution in [0.4, 0.5) is 9.39 Å². The molecule has 1 aliphatic rings. The van der Waals surface area contributed by atoms with Crippen molar-refractivity contribution in [2.45, 2.75) is 49.4 Å². The number of tetrazole rings is 1. The molecule has 1 atom stereocenters. The lowest BCUT2D eigenvalue weighted by atomic mass is 10.1. The van der Waals surface area contributed by atoms with Crippen molar-refractivity contribution in [1.29, 1.82) is 5.26 Å². The van der Waals surface area contributed by atoms with Gasteiger partial charge in [-0.15, -0.1) is 16.4 Å². The third kappa shape index (κ3) is 4.22. The molecule has 0 aliphatic heterocycles. The van der Waals surface area contributed by atoms with E-state index in [1.165, 1.54) is 51.2 Å². The number of hydrogen-bond acceptors (Lipinski definition) is 7. The molecule has 0 saturated heterocycles. The maximum Gasteiger partial charge on any atom is 0.238 e. The van der Waals surface area contributed by atoms with Gasteiger partial charge in [-0.05, 0) is 66.8 Å². The monoisotopic (exact) mass is 442 g/mol. The van der Waals surface area contributed by atoms with Gasteiger partial charge in [-0.3, -0.25) is 4.79 Å². The molecule has 10 heteroatoms. The summed E-state index contributed by atoms with van der Waals surface area (Å²) in [6.45, 7) is 1.75. The predicted octanol–water partition coefficient (Wildman–Crippen LogP) is 4.12. The predicted molar refractivity (Wildman–Crippen MR) is 113 cm³/mol. The molecule has 154 valence electrons. The average Bonchev–Trinajstić information content (AvgIpc) is 3.24. The number of anilines is 1. The van der Waals surface area contributed by atoms with Crippen molar-refractivity contribution >= 4 is 34.0 Å². The number of carbonyl (C=O) groups is 1. The Kier molecular flexibility index (Phi) is 6.11. The van der Waals surface area contributed by atoms with Gasteiger partial charge in [0.2, 0.25) is 11.1 Å². The quantitative estimate of drug-likeness (QED) is 0.472. The van der Waals surface area contributed by atoms with Gasteiger partial charge in [-0.2, -0.15) is 9.94 Å². The maximum absolute atomic E-state index is 13.5. The molecule has 2 aromatic heterocycles. The second-order valence-electron chi connectivity index (χ2n) is 6.98. The first-order valence-electron chi connectivity index (χ1n) is 9.63. The number of nitrogens with zero attached hydrogens (tertiary/aromatic N) is 5. The standard InChI is InChI=1S/C20H19FN6OS2/c1-12(29-20-24-25-26-27(20)14-7-5-6-13(21)10-14)18(28)23-19-16(11-22)15-8-3-2-4-9-17(15)30-19/h5-7,10,12H,2-4,8-9H2,1H3,(H,23,28). The molecule has 1 aromatic carbocycles. The Hall–Kier alpha value is -2.77. The van der Waals surface area contributed by atoms with Gasteiger partial charge in [0.1, 0.15) is 16.9 Å². The fraction of sp³-hybridized carbons (Fsp3) is 0.350. The number of hydrogen-bond donors (Lipinski definition) is 1. The molecule has 2 heterocycles. The molecule has 3 aromatic rings. The van der Waals surface area contributed by atoms with Gasteiger partial charge in [-0.25, -0.2) is 4.39 Å². The van der Waals surface area contributed by atoms with E-state index in [-0.39, 0.29) is 5.91 Å². The smallest absolute Gasteiger partial charge is 0.238 e. The molecular weight excluding hydrogens is 423 g/mol. The third-order valence-corrected chi connectivity index (χ3v) is 7.16. The number of amides is 1. The van der Waals surface area contributed by atoms with Crippen molar-refractivity contribution in [2.24, 2.45) is 0 Å². The summed E-state index contributed by atoms with van der Waals surface area (Å²) < 4.78 is 14.9. The van der Waals surface area contributed by atoms with Crippen LogP contribution in [-0.4, -0.2) is 31.4 Å². The van der Waals surface area contributed by atoms with E-state index in [1.54, 1.807) is 19.1 Å². The van der Waals surface area contributed by atoms with Crippen LogP contribution >= 0.6 is 23.1 Å². The van der Waals surface area contributed by atoms with E-state index in [0.29, 0.717) is 21.4 Å². The maximum atomic E-state index is 13.5. The number of aryl methyl sites for hydroxylation is 1. The summed E-state index contributed by atoms with van der Waals surface area (Å²) in [4.78, 5) is 14.0. The van der Waals surface area contributed by atoms with Crippen LogP contribution in [0.3, 0.4) is 0 Å². The van der Waals surface area contributed by atoms with E-state index in [9.17, 15) is 14.4 Å². The van der Waals surface area contributed by atoms with Crippen LogP contribution in [0.15, 0.2) is 29.4 Å². The zero-order valence-electron chi connectivity index (χ0n) is 16.3. The molecule has 0 spiro atoms. The Morgan fingerprint density at radius 3 is 3.00 bits per heavy atom. The Bertz CT molecular complexity index is 1120. The zero-order chi connectivity index (χ0) is 21.1. The minimum Gasteiger partial charge on any atom is -0.316 e. The van der Waals surface area contributed by atoms with Crippen molar-refractivity contribution in [3.63, 3.8) is 0 Å². The first-order valence-corrected chi connectivity index (χ1v) is 11.3. The highest BCUT2D eigenvalue weighted by molar-refractivity contribution is 8.00. The SMILES string of the molecule is CC(Sc1nnnn1-c1cccc(F)c1)C(=O)Nc1sc2c(c1C#N)CCCCC2. The molecule has 0 radical (unpaired) electrons. The van der Waals surface area contributed by atoms with E-state index < -0.39 is 11.1 Å². The number of carbonyl (C=O) groups excluding carboxylic acids is 1. The lowest BCUT2D eigenvalue weighted by Crippen LogP contribution is -2.23. The Morgan fingerprint density at radius 1 is 1.37 bits per heavy atom. The highest BCUT2D eigenvalue weighted by Crippen LogP contribution is 2.37. The minimum atomic E-state index is -0.517. The Labute approximate surface area is 181 Å². The Morgan fingerprint density at radius 2 is 2.20 bits per heavy atom.